The summed E-state index contributed by atoms with van der Waals surface area (Å²) in [7, 11) is 0. The molecule has 0 saturated carbocycles. The molecule has 0 aliphatic rings. The number of hydrogen-bond acceptors (Lipinski definition) is 3. The third-order valence-corrected chi connectivity index (χ3v) is 5.70. The molecule has 5 heteroatoms. The van der Waals surface area contributed by atoms with E-state index in [1.54, 1.807) is 12.1 Å². The van der Waals surface area contributed by atoms with Gasteiger partial charge in [-0.05, 0) is 43.8 Å². The van der Waals surface area contributed by atoms with Crippen molar-refractivity contribution >= 4 is 23.2 Å². The summed E-state index contributed by atoms with van der Waals surface area (Å²) in [5.41, 5.74) is 0.548. The minimum Gasteiger partial charge on any atom is -0.494 e. The Balaban J connectivity index is 1.94. The zero-order chi connectivity index (χ0) is 22.6. The number of carbonyl (C=O) groups excluding carboxylic acids is 1. The SMILES string of the molecule is CCCCCCCCCCCCCCCCNC(=S)NC(=O)c1cccc(OCC)c1. The van der Waals surface area contributed by atoms with Crippen LogP contribution in [-0.4, -0.2) is 24.2 Å². The first-order valence-electron chi connectivity index (χ1n) is 12.5. The van der Waals surface area contributed by atoms with Gasteiger partial charge in [0.1, 0.15) is 5.75 Å². The zero-order valence-electron chi connectivity index (χ0n) is 19.8. The molecule has 0 spiro atoms. The maximum Gasteiger partial charge on any atom is 0.257 e. The van der Waals surface area contributed by atoms with Crippen LogP contribution in [0.25, 0.3) is 0 Å². The van der Waals surface area contributed by atoms with Crippen LogP contribution < -0.4 is 15.4 Å². The van der Waals surface area contributed by atoms with Crippen molar-refractivity contribution in [2.24, 2.45) is 0 Å². The average Bonchev–Trinajstić information content (AvgIpc) is 2.77. The summed E-state index contributed by atoms with van der Waals surface area (Å²) < 4.78 is 5.43. The van der Waals surface area contributed by atoms with Crippen LogP contribution in [0.1, 0.15) is 114 Å². The molecule has 4 nitrogen and oxygen atoms in total. The Morgan fingerprint density at radius 2 is 1.39 bits per heavy atom. The smallest absolute Gasteiger partial charge is 0.257 e. The quantitative estimate of drug-likeness (QED) is 0.185. The summed E-state index contributed by atoms with van der Waals surface area (Å²) in [4.78, 5) is 12.3. The fourth-order valence-corrected chi connectivity index (χ4v) is 3.83. The van der Waals surface area contributed by atoms with Crippen LogP contribution in [0.2, 0.25) is 0 Å². The van der Waals surface area contributed by atoms with E-state index in [4.69, 9.17) is 17.0 Å². The second kappa shape index (κ2) is 19.1. The van der Waals surface area contributed by atoms with Crippen LogP contribution in [0.4, 0.5) is 0 Å². The fraction of sp³-hybridized carbons (Fsp3) is 0.692. The number of amides is 1. The number of carbonyl (C=O) groups is 1. The standard InChI is InChI=1S/C26H44N2O2S/c1-3-5-6-7-8-9-10-11-12-13-14-15-16-17-21-27-26(31)28-25(29)23-19-18-20-24(22-23)30-4-2/h18-20,22H,3-17,21H2,1-2H3,(H2,27,28,29,31). The Labute approximate surface area is 195 Å². The monoisotopic (exact) mass is 448 g/mol. The molecule has 0 bridgehead atoms. The van der Waals surface area contributed by atoms with Gasteiger partial charge in [0.2, 0.25) is 0 Å². The van der Waals surface area contributed by atoms with E-state index in [0.717, 1.165) is 13.0 Å². The van der Waals surface area contributed by atoms with Gasteiger partial charge in [0.15, 0.2) is 5.11 Å². The van der Waals surface area contributed by atoms with Gasteiger partial charge in [0.05, 0.1) is 6.61 Å². The highest BCUT2D eigenvalue weighted by atomic mass is 32.1. The lowest BCUT2D eigenvalue weighted by molar-refractivity contribution is 0.0976. The van der Waals surface area contributed by atoms with E-state index in [1.165, 1.54) is 83.5 Å². The predicted octanol–water partition coefficient (Wildman–Crippen LogP) is 7.17. The minimum atomic E-state index is -0.208. The third-order valence-electron chi connectivity index (χ3n) is 5.45. The van der Waals surface area contributed by atoms with Gasteiger partial charge < -0.3 is 10.1 Å². The molecular formula is C26H44N2O2S. The molecule has 0 aliphatic carbocycles. The highest BCUT2D eigenvalue weighted by Gasteiger charge is 2.08. The molecule has 176 valence electrons. The van der Waals surface area contributed by atoms with Gasteiger partial charge in [-0.25, -0.2) is 0 Å². The summed E-state index contributed by atoms with van der Waals surface area (Å²) in [5.74, 6) is 0.483. The van der Waals surface area contributed by atoms with Gasteiger partial charge in [-0.3, -0.25) is 10.1 Å². The topological polar surface area (TPSA) is 50.4 Å². The van der Waals surface area contributed by atoms with Crippen molar-refractivity contribution in [3.8, 4) is 5.75 Å². The maximum atomic E-state index is 12.3. The Morgan fingerprint density at radius 3 is 1.94 bits per heavy atom. The molecule has 2 N–H and O–H groups in total. The van der Waals surface area contributed by atoms with E-state index >= 15 is 0 Å². The van der Waals surface area contributed by atoms with Crippen LogP contribution >= 0.6 is 12.2 Å². The second-order valence-electron chi connectivity index (χ2n) is 8.27. The summed E-state index contributed by atoms with van der Waals surface area (Å²) in [6.07, 6.45) is 18.9. The van der Waals surface area contributed by atoms with Crippen molar-refractivity contribution in [3.05, 3.63) is 29.8 Å². The van der Waals surface area contributed by atoms with Crippen LogP contribution in [0.15, 0.2) is 24.3 Å². The lowest BCUT2D eigenvalue weighted by Gasteiger charge is -2.10. The molecule has 0 heterocycles. The molecular weight excluding hydrogens is 404 g/mol. The number of rotatable bonds is 18. The van der Waals surface area contributed by atoms with Crippen molar-refractivity contribution in [1.82, 2.24) is 10.6 Å². The van der Waals surface area contributed by atoms with Gasteiger partial charge >= 0.3 is 0 Å². The normalized spacial score (nSPS) is 10.6. The van der Waals surface area contributed by atoms with E-state index in [-0.39, 0.29) is 5.91 Å². The molecule has 1 amide bonds. The Hall–Kier alpha value is -1.62. The molecule has 31 heavy (non-hydrogen) atoms. The van der Waals surface area contributed by atoms with Gasteiger partial charge in [-0.15, -0.1) is 0 Å². The van der Waals surface area contributed by atoms with Crippen molar-refractivity contribution < 1.29 is 9.53 Å². The van der Waals surface area contributed by atoms with Crippen LogP contribution in [0.5, 0.6) is 5.75 Å². The Morgan fingerprint density at radius 1 is 0.839 bits per heavy atom. The molecule has 0 atom stereocenters. The van der Waals surface area contributed by atoms with Gasteiger partial charge in [-0.1, -0.05) is 96.5 Å². The summed E-state index contributed by atoms with van der Waals surface area (Å²) in [6.45, 7) is 5.57. The first-order valence-corrected chi connectivity index (χ1v) is 12.9. The van der Waals surface area contributed by atoms with E-state index in [0.29, 0.717) is 23.0 Å². The number of hydrogen-bond donors (Lipinski definition) is 2. The predicted molar refractivity (Wildman–Crippen MR) is 136 cm³/mol. The van der Waals surface area contributed by atoms with Crippen molar-refractivity contribution in [3.63, 3.8) is 0 Å². The van der Waals surface area contributed by atoms with Crippen molar-refractivity contribution in [2.45, 2.75) is 104 Å². The Kier molecular flexibility index (Phi) is 16.9. The lowest BCUT2D eigenvalue weighted by Crippen LogP contribution is -2.39. The number of benzene rings is 1. The van der Waals surface area contributed by atoms with Crippen LogP contribution in [0, 0.1) is 0 Å². The Bertz CT molecular complexity index is 607. The van der Waals surface area contributed by atoms with E-state index < -0.39 is 0 Å². The molecule has 0 radical (unpaired) electrons. The fourth-order valence-electron chi connectivity index (χ4n) is 3.63. The van der Waals surface area contributed by atoms with Gasteiger partial charge in [-0.2, -0.15) is 0 Å². The van der Waals surface area contributed by atoms with Gasteiger partial charge in [0.25, 0.3) is 5.91 Å². The molecule has 1 aromatic rings. The van der Waals surface area contributed by atoms with Crippen LogP contribution in [-0.2, 0) is 0 Å². The molecule has 1 rings (SSSR count). The highest BCUT2D eigenvalue weighted by Crippen LogP contribution is 2.14. The largest absolute Gasteiger partial charge is 0.494 e. The summed E-state index contributed by atoms with van der Waals surface area (Å²) in [5, 5.41) is 6.27. The van der Waals surface area contributed by atoms with E-state index in [2.05, 4.69) is 17.6 Å². The summed E-state index contributed by atoms with van der Waals surface area (Å²) >= 11 is 5.24. The third kappa shape index (κ3) is 14.9. The number of nitrogens with one attached hydrogen (secondary N) is 2. The second-order valence-corrected chi connectivity index (χ2v) is 8.68. The van der Waals surface area contributed by atoms with E-state index in [9.17, 15) is 4.79 Å². The molecule has 0 aliphatic heterocycles. The maximum absolute atomic E-state index is 12.3. The molecule has 1 aromatic carbocycles. The minimum absolute atomic E-state index is 0.208. The van der Waals surface area contributed by atoms with Crippen LogP contribution in [0.3, 0.4) is 0 Å². The average molecular weight is 449 g/mol. The lowest BCUT2D eigenvalue weighted by atomic mass is 10.0. The highest BCUT2D eigenvalue weighted by molar-refractivity contribution is 7.80. The molecule has 0 saturated heterocycles. The number of ether oxygens (including phenoxy) is 1. The number of unbranched alkanes of at least 4 members (excludes halogenated alkanes) is 13. The molecule has 0 fully saturated rings. The zero-order valence-corrected chi connectivity index (χ0v) is 20.7. The van der Waals surface area contributed by atoms with Crippen molar-refractivity contribution in [2.75, 3.05) is 13.2 Å². The molecule has 0 unspecified atom stereocenters. The number of thiocarbonyl (C=S) groups is 1. The molecule has 0 aromatic heterocycles. The van der Waals surface area contributed by atoms with Crippen molar-refractivity contribution in [1.29, 1.82) is 0 Å². The van der Waals surface area contributed by atoms with Gasteiger partial charge in [0, 0.05) is 12.1 Å². The first-order chi connectivity index (χ1) is 15.2. The first kappa shape index (κ1) is 27.4. The summed E-state index contributed by atoms with van der Waals surface area (Å²) in [6, 6.07) is 7.14. The van der Waals surface area contributed by atoms with E-state index in [1.807, 2.05) is 19.1 Å².